The van der Waals surface area contributed by atoms with E-state index in [1.807, 2.05) is 54.6 Å². The summed E-state index contributed by atoms with van der Waals surface area (Å²) in [5.41, 5.74) is 5.52. The summed E-state index contributed by atoms with van der Waals surface area (Å²) in [6.45, 7) is 4.48. The molecule has 0 unspecified atom stereocenters. The van der Waals surface area contributed by atoms with Gasteiger partial charge in [-0.2, -0.15) is 0 Å². The lowest BCUT2D eigenvalue weighted by Gasteiger charge is -2.33. The first kappa shape index (κ1) is 29.2. The molecule has 1 saturated carbocycles. The Balaban J connectivity index is 1.57. The summed E-state index contributed by atoms with van der Waals surface area (Å²) in [5, 5.41) is 3.90. The minimum absolute atomic E-state index is 0.0518. The topological polar surface area (TPSA) is 49.4 Å². The molecule has 4 rings (SSSR count). The number of nitrogens with one attached hydrogen (secondary N) is 1. The largest absolute Gasteiger partial charge is 0.352 e. The number of rotatable bonds is 11. The van der Waals surface area contributed by atoms with Gasteiger partial charge in [-0.3, -0.25) is 9.59 Å². The number of benzene rings is 3. The van der Waals surface area contributed by atoms with E-state index in [9.17, 15) is 9.59 Å². The predicted molar refractivity (Wildman–Crippen MR) is 163 cm³/mol. The normalized spacial score (nSPS) is 14.5. The fourth-order valence-electron chi connectivity index (χ4n) is 5.40. The molecule has 6 heteroatoms. The van der Waals surface area contributed by atoms with Gasteiger partial charge in [-0.15, -0.1) is 11.8 Å². The van der Waals surface area contributed by atoms with Crippen molar-refractivity contribution in [1.29, 1.82) is 0 Å². The average Bonchev–Trinajstić information content (AvgIpc) is 2.92. The Morgan fingerprint density at radius 1 is 0.923 bits per heavy atom. The van der Waals surface area contributed by atoms with E-state index in [1.165, 1.54) is 23.1 Å². The maximum Gasteiger partial charge on any atom is 0.243 e. The molecular weight excluding hydrogens is 524 g/mol. The van der Waals surface area contributed by atoms with Gasteiger partial charge in [0.2, 0.25) is 11.8 Å². The second kappa shape index (κ2) is 14.6. The molecule has 1 aliphatic carbocycles. The molecule has 39 heavy (non-hydrogen) atoms. The summed E-state index contributed by atoms with van der Waals surface area (Å²) in [7, 11) is 0. The Labute approximate surface area is 242 Å². The van der Waals surface area contributed by atoms with E-state index in [0.29, 0.717) is 17.2 Å². The summed E-state index contributed by atoms with van der Waals surface area (Å²) in [4.78, 5) is 29.5. The average molecular weight is 563 g/mol. The van der Waals surface area contributed by atoms with E-state index < -0.39 is 6.04 Å². The predicted octanol–water partition coefficient (Wildman–Crippen LogP) is 7.28. The molecule has 3 aromatic rings. The van der Waals surface area contributed by atoms with Crippen LogP contribution in [0.5, 0.6) is 0 Å². The molecular formula is C33H39ClN2O2S. The van der Waals surface area contributed by atoms with Gasteiger partial charge in [-0.1, -0.05) is 109 Å². The number of carbonyl (C=O) groups is 2. The summed E-state index contributed by atoms with van der Waals surface area (Å²) in [6, 6.07) is 23.6. The van der Waals surface area contributed by atoms with E-state index >= 15 is 0 Å². The van der Waals surface area contributed by atoms with E-state index in [0.717, 1.165) is 42.6 Å². The van der Waals surface area contributed by atoms with Gasteiger partial charge in [0.25, 0.3) is 0 Å². The lowest BCUT2D eigenvalue weighted by Crippen LogP contribution is -2.53. The van der Waals surface area contributed by atoms with Crippen LogP contribution in [0, 0.1) is 13.8 Å². The van der Waals surface area contributed by atoms with Gasteiger partial charge in [0.05, 0.1) is 5.75 Å². The number of thioether (sulfide) groups is 1. The first-order valence-corrected chi connectivity index (χ1v) is 15.4. The Kier molecular flexibility index (Phi) is 10.9. The van der Waals surface area contributed by atoms with Gasteiger partial charge in [-0.25, -0.2) is 0 Å². The number of carbonyl (C=O) groups excluding carboxylic acids is 2. The molecule has 0 spiro atoms. The standard InChI is InChI=1S/C33H39ClN2O2S/c1-24-17-25(2)19-27(18-24)22-39-23-32(37)36(21-28-13-9-10-16-30(28)34)31(20-26-11-5-3-6-12-26)33(38)35-29-14-7-4-8-15-29/h3,5-6,9-13,16-19,29,31H,4,7-8,14-15,20-23H2,1-2H3,(H,35,38)/t31-/m0/s1. The molecule has 4 nitrogen and oxygen atoms in total. The fraction of sp³-hybridized carbons (Fsp3) is 0.394. The van der Waals surface area contributed by atoms with Crippen molar-refractivity contribution in [3.05, 3.63) is 106 Å². The van der Waals surface area contributed by atoms with Crippen LogP contribution in [0.2, 0.25) is 5.02 Å². The SMILES string of the molecule is Cc1cc(C)cc(CSCC(=O)N(Cc2ccccc2Cl)[C@@H](Cc2ccccc2)C(=O)NC2CCCCC2)c1. The van der Waals surface area contributed by atoms with E-state index in [-0.39, 0.29) is 24.4 Å². The number of halogens is 1. The van der Waals surface area contributed by atoms with Gasteiger partial charge >= 0.3 is 0 Å². The Bertz CT molecular complexity index is 1220. The third kappa shape index (κ3) is 8.87. The van der Waals surface area contributed by atoms with Crippen LogP contribution in [-0.4, -0.2) is 34.6 Å². The van der Waals surface area contributed by atoms with Gasteiger partial charge in [0.15, 0.2) is 0 Å². The van der Waals surface area contributed by atoms with E-state index in [4.69, 9.17) is 11.6 Å². The zero-order valence-corrected chi connectivity index (χ0v) is 24.6. The Morgan fingerprint density at radius 3 is 2.28 bits per heavy atom. The first-order valence-electron chi connectivity index (χ1n) is 13.9. The van der Waals surface area contributed by atoms with Gasteiger partial charge < -0.3 is 10.2 Å². The van der Waals surface area contributed by atoms with Crippen LogP contribution in [0.15, 0.2) is 72.8 Å². The third-order valence-corrected chi connectivity index (χ3v) is 8.65. The van der Waals surface area contributed by atoms with Crippen LogP contribution in [0.25, 0.3) is 0 Å². The summed E-state index contributed by atoms with van der Waals surface area (Å²) < 4.78 is 0. The summed E-state index contributed by atoms with van der Waals surface area (Å²) in [6.07, 6.45) is 5.92. The highest BCUT2D eigenvalue weighted by Gasteiger charge is 2.32. The molecule has 0 heterocycles. The lowest BCUT2D eigenvalue weighted by molar-refractivity contribution is -0.139. The number of nitrogens with zero attached hydrogens (tertiary/aromatic N) is 1. The smallest absolute Gasteiger partial charge is 0.243 e. The zero-order valence-electron chi connectivity index (χ0n) is 23.0. The minimum atomic E-state index is -0.625. The van der Waals surface area contributed by atoms with Crippen molar-refractivity contribution in [3.63, 3.8) is 0 Å². The highest BCUT2D eigenvalue weighted by atomic mass is 35.5. The second-order valence-corrected chi connectivity index (χ2v) is 12.0. The van der Waals surface area contributed by atoms with Crippen molar-refractivity contribution in [2.75, 3.05) is 5.75 Å². The first-order chi connectivity index (χ1) is 18.9. The summed E-state index contributed by atoms with van der Waals surface area (Å²) >= 11 is 8.13. The highest BCUT2D eigenvalue weighted by molar-refractivity contribution is 7.99. The van der Waals surface area contributed by atoms with Gasteiger partial charge in [0, 0.05) is 29.8 Å². The molecule has 1 N–H and O–H groups in total. The lowest BCUT2D eigenvalue weighted by atomic mass is 9.94. The monoisotopic (exact) mass is 562 g/mol. The van der Waals surface area contributed by atoms with Crippen molar-refractivity contribution >= 4 is 35.2 Å². The molecule has 0 radical (unpaired) electrons. The van der Waals surface area contributed by atoms with Crippen molar-refractivity contribution in [2.45, 2.75) is 76.8 Å². The number of hydrogen-bond acceptors (Lipinski definition) is 3. The second-order valence-electron chi connectivity index (χ2n) is 10.7. The number of amides is 2. The van der Waals surface area contributed by atoms with Crippen molar-refractivity contribution in [3.8, 4) is 0 Å². The van der Waals surface area contributed by atoms with Crippen molar-refractivity contribution in [2.24, 2.45) is 0 Å². The van der Waals surface area contributed by atoms with E-state index in [2.05, 4.69) is 37.4 Å². The Hall–Kier alpha value is -2.76. The van der Waals surface area contributed by atoms with E-state index in [1.54, 1.807) is 16.7 Å². The van der Waals surface area contributed by atoms with Crippen LogP contribution >= 0.6 is 23.4 Å². The molecule has 0 aromatic heterocycles. The molecule has 206 valence electrons. The minimum Gasteiger partial charge on any atom is -0.352 e. The summed E-state index contributed by atoms with van der Waals surface area (Å²) in [5.74, 6) is 0.903. The Morgan fingerprint density at radius 2 is 1.59 bits per heavy atom. The quantitative estimate of drug-likeness (QED) is 0.267. The molecule has 1 aliphatic rings. The van der Waals surface area contributed by atoms with Gasteiger partial charge in [-0.05, 0) is 49.4 Å². The molecule has 2 amide bonds. The number of aryl methyl sites for hydroxylation is 2. The van der Waals surface area contributed by atoms with Crippen LogP contribution in [0.4, 0.5) is 0 Å². The third-order valence-electron chi connectivity index (χ3n) is 7.30. The number of hydrogen-bond donors (Lipinski definition) is 1. The molecule has 1 fully saturated rings. The highest BCUT2D eigenvalue weighted by Crippen LogP contribution is 2.24. The van der Waals surface area contributed by atoms with Gasteiger partial charge in [0.1, 0.15) is 6.04 Å². The molecule has 0 bridgehead atoms. The molecule has 0 saturated heterocycles. The maximum atomic E-state index is 13.9. The molecule has 3 aromatic carbocycles. The maximum absolute atomic E-state index is 13.9. The van der Waals surface area contributed by atoms with Crippen LogP contribution in [0.3, 0.4) is 0 Å². The molecule has 0 aliphatic heterocycles. The van der Waals surface area contributed by atoms with Crippen LogP contribution in [0.1, 0.15) is 59.9 Å². The molecule has 1 atom stereocenters. The van der Waals surface area contributed by atoms with Crippen molar-refractivity contribution < 1.29 is 9.59 Å². The fourth-order valence-corrected chi connectivity index (χ4v) is 6.44. The van der Waals surface area contributed by atoms with Crippen LogP contribution in [-0.2, 0) is 28.3 Å². The van der Waals surface area contributed by atoms with Crippen molar-refractivity contribution in [1.82, 2.24) is 10.2 Å². The van der Waals surface area contributed by atoms with Crippen LogP contribution < -0.4 is 5.32 Å². The zero-order chi connectivity index (χ0) is 27.6.